The third-order valence-electron chi connectivity index (χ3n) is 6.69. The highest BCUT2D eigenvalue weighted by Crippen LogP contribution is 2.34. The highest BCUT2D eigenvalue weighted by atomic mass is 16.6. The Labute approximate surface area is 210 Å². The van der Waals surface area contributed by atoms with Crippen LogP contribution in [0.2, 0.25) is 0 Å². The lowest BCUT2D eigenvalue weighted by Crippen LogP contribution is -2.39. The van der Waals surface area contributed by atoms with Crippen LogP contribution in [0.5, 0.6) is 5.75 Å². The largest absolute Gasteiger partial charge is 0.507 e. The molecule has 1 fully saturated rings. The number of aliphatic hydroxyl groups excluding tert-OH is 1. The van der Waals surface area contributed by atoms with Gasteiger partial charge in [-0.25, -0.2) is 14.8 Å². The van der Waals surface area contributed by atoms with Gasteiger partial charge in [0.2, 0.25) is 0 Å². The van der Waals surface area contributed by atoms with Gasteiger partial charge in [0, 0.05) is 35.7 Å². The molecular weight excluding hydrogens is 454 g/mol. The molecule has 1 unspecified atom stereocenters. The lowest BCUT2D eigenvalue weighted by atomic mass is 9.94. The molecule has 1 aliphatic rings. The third kappa shape index (κ3) is 5.02. The van der Waals surface area contributed by atoms with Gasteiger partial charge < -0.3 is 19.8 Å². The molecule has 0 saturated carbocycles. The maximum atomic E-state index is 12.7. The van der Waals surface area contributed by atoms with Crippen LogP contribution in [0.4, 0.5) is 4.79 Å². The predicted octanol–water partition coefficient (Wildman–Crippen LogP) is 5.32. The molecule has 0 spiro atoms. The molecular formula is C29H29N3O4. The van der Waals surface area contributed by atoms with Crippen molar-refractivity contribution in [1.82, 2.24) is 14.9 Å². The normalized spacial score (nSPS) is 15.7. The van der Waals surface area contributed by atoms with Gasteiger partial charge in [0.15, 0.2) is 5.65 Å². The number of likely N-dealkylation sites (tertiary alicyclic amines) is 1. The number of phenols is 1. The van der Waals surface area contributed by atoms with Gasteiger partial charge in [-0.3, -0.25) is 0 Å². The first-order chi connectivity index (χ1) is 17.5. The number of hydrogen-bond donors (Lipinski definition) is 2. The van der Waals surface area contributed by atoms with Crippen LogP contribution in [-0.2, 0) is 18.0 Å². The molecule has 184 valence electrons. The highest BCUT2D eigenvalue weighted by molar-refractivity contribution is 5.81. The summed E-state index contributed by atoms with van der Waals surface area (Å²) in [5.41, 5.74) is 5.19. The van der Waals surface area contributed by atoms with Gasteiger partial charge in [-0.15, -0.1) is 0 Å². The number of fused-ring (bicyclic) bond motifs is 1. The highest BCUT2D eigenvalue weighted by Gasteiger charge is 2.27. The summed E-state index contributed by atoms with van der Waals surface area (Å²) < 4.78 is 5.54. The predicted molar refractivity (Wildman–Crippen MR) is 137 cm³/mol. The second-order valence-corrected chi connectivity index (χ2v) is 9.27. The number of rotatable bonds is 5. The van der Waals surface area contributed by atoms with Crippen molar-refractivity contribution in [2.75, 3.05) is 13.1 Å². The Morgan fingerprint density at radius 1 is 1.06 bits per heavy atom. The molecule has 7 nitrogen and oxygen atoms in total. The molecule has 2 aromatic carbocycles. The third-order valence-corrected chi connectivity index (χ3v) is 6.69. The molecule has 2 N–H and O–H groups in total. The van der Waals surface area contributed by atoms with Gasteiger partial charge in [0.05, 0.1) is 12.3 Å². The van der Waals surface area contributed by atoms with E-state index in [2.05, 4.69) is 0 Å². The minimum atomic E-state index is -0.304. The average Bonchev–Trinajstić information content (AvgIpc) is 2.91. The van der Waals surface area contributed by atoms with E-state index in [0.29, 0.717) is 35.6 Å². The van der Waals surface area contributed by atoms with Crippen molar-refractivity contribution >= 4 is 17.1 Å². The van der Waals surface area contributed by atoms with E-state index in [4.69, 9.17) is 14.7 Å². The van der Waals surface area contributed by atoms with Crippen molar-refractivity contribution in [2.45, 2.75) is 38.9 Å². The van der Waals surface area contributed by atoms with Crippen molar-refractivity contribution in [3.8, 4) is 17.0 Å². The number of aryl methyl sites for hydroxylation is 1. The number of nitrogens with zero attached hydrogens (tertiary/aromatic N) is 3. The first kappa shape index (κ1) is 23.8. The first-order valence-electron chi connectivity index (χ1n) is 12.2. The smallest absolute Gasteiger partial charge is 0.410 e. The van der Waals surface area contributed by atoms with Crippen molar-refractivity contribution in [3.63, 3.8) is 0 Å². The fraction of sp³-hybridized carbons (Fsp3) is 0.276. The lowest BCUT2D eigenvalue weighted by Gasteiger charge is -2.31. The van der Waals surface area contributed by atoms with Crippen LogP contribution >= 0.6 is 0 Å². The van der Waals surface area contributed by atoms with Crippen LogP contribution in [0.25, 0.3) is 22.3 Å². The fourth-order valence-electron chi connectivity index (χ4n) is 4.84. The summed E-state index contributed by atoms with van der Waals surface area (Å²) in [4.78, 5) is 24.1. The number of benzene rings is 2. The molecule has 7 heteroatoms. The van der Waals surface area contributed by atoms with Crippen molar-refractivity contribution in [2.24, 2.45) is 0 Å². The lowest BCUT2D eigenvalue weighted by molar-refractivity contribution is 0.0856. The number of aliphatic hydroxyl groups is 1. The zero-order valence-corrected chi connectivity index (χ0v) is 20.2. The summed E-state index contributed by atoms with van der Waals surface area (Å²) in [5, 5.41) is 20.9. The van der Waals surface area contributed by atoms with Crippen LogP contribution in [0.3, 0.4) is 0 Å². The fourth-order valence-corrected chi connectivity index (χ4v) is 4.84. The van der Waals surface area contributed by atoms with Crippen molar-refractivity contribution < 1.29 is 19.7 Å². The summed E-state index contributed by atoms with van der Waals surface area (Å²) >= 11 is 0. The Bertz CT molecular complexity index is 1370. The molecule has 0 aliphatic carbocycles. The Morgan fingerprint density at radius 2 is 1.86 bits per heavy atom. The molecule has 1 aliphatic heterocycles. The molecule has 4 aromatic rings. The van der Waals surface area contributed by atoms with Gasteiger partial charge in [0.1, 0.15) is 12.4 Å². The topological polar surface area (TPSA) is 95.8 Å². The number of ether oxygens (including phenoxy) is 1. The van der Waals surface area contributed by atoms with Crippen molar-refractivity contribution in [1.29, 1.82) is 0 Å². The molecule has 1 amide bonds. The zero-order chi connectivity index (χ0) is 25.1. The number of carbonyl (C=O) groups excluding carboxylic acids is 1. The van der Waals surface area contributed by atoms with E-state index in [-0.39, 0.29) is 31.0 Å². The molecule has 3 heterocycles. The quantitative estimate of drug-likeness (QED) is 0.399. The molecule has 5 rings (SSSR count). The second kappa shape index (κ2) is 10.3. The standard InChI is InChI=1S/C29H29N3O4/c1-19-14-21(17-33)15-26(34)27(19)25-12-10-22-9-11-24(30-28(22)31-25)23-8-5-13-32(16-23)29(35)36-18-20-6-3-2-4-7-20/h2-4,6-7,9-12,14-15,23,33-34H,5,8,13,16-18H2,1H3. The van der Waals surface area contributed by atoms with Crippen LogP contribution in [0.1, 0.15) is 41.1 Å². The van der Waals surface area contributed by atoms with Gasteiger partial charge >= 0.3 is 6.09 Å². The minimum Gasteiger partial charge on any atom is -0.507 e. The SMILES string of the molecule is Cc1cc(CO)cc(O)c1-c1ccc2ccc(C3CCCN(C(=O)OCc4ccccc4)C3)nc2n1. The van der Waals surface area contributed by atoms with E-state index in [1.165, 1.54) is 0 Å². The summed E-state index contributed by atoms with van der Waals surface area (Å²) in [6.45, 7) is 3.23. The van der Waals surface area contributed by atoms with E-state index in [1.54, 1.807) is 11.0 Å². The first-order valence-corrected chi connectivity index (χ1v) is 12.2. The van der Waals surface area contributed by atoms with Gasteiger partial charge in [0.25, 0.3) is 0 Å². The number of hydrogen-bond acceptors (Lipinski definition) is 6. The zero-order valence-electron chi connectivity index (χ0n) is 20.2. The number of phenolic OH excluding ortho intramolecular Hbond substituents is 1. The Kier molecular flexibility index (Phi) is 6.82. The second-order valence-electron chi connectivity index (χ2n) is 9.27. The average molecular weight is 484 g/mol. The molecule has 1 saturated heterocycles. The van der Waals surface area contributed by atoms with E-state index in [0.717, 1.165) is 35.0 Å². The van der Waals surface area contributed by atoms with Gasteiger partial charge in [-0.05, 0) is 66.8 Å². The monoisotopic (exact) mass is 483 g/mol. The van der Waals surface area contributed by atoms with E-state index < -0.39 is 0 Å². The van der Waals surface area contributed by atoms with Crippen LogP contribution in [-0.4, -0.2) is 44.3 Å². The minimum absolute atomic E-state index is 0.0824. The molecule has 1 atom stereocenters. The summed E-state index contributed by atoms with van der Waals surface area (Å²) in [6.07, 6.45) is 1.51. The Hall–Kier alpha value is -3.97. The molecule has 0 radical (unpaired) electrons. The van der Waals surface area contributed by atoms with E-state index in [1.807, 2.05) is 67.6 Å². The number of carbonyl (C=O) groups is 1. The number of piperidine rings is 1. The number of aromatic nitrogens is 2. The number of pyridine rings is 2. The summed E-state index contributed by atoms with van der Waals surface area (Å²) in [7, 11) is 0. The summed E-state index contributed by atoms with van der Waals surface area (Å²) in [6, 6.07) is 20.9. The van der Waals surface area contributed by atoms with Crippen LogP contribution < -0.4 is 0 Å². The number of aromatic hydroxyl groups is 1. The number of amides is 1. The van der Waals surface area contributed by atoms with Crippen molar-refractivity contribution in [3.05, 3.63) is 89.1 Å². The Morgan fingerprint density at radius 3 is 2.64 bits per heavy atom. The van der Waals surface area contributed by atoms with Crippen LogP contribution in [0.15, 0.2) is 66.7 Å². The van der Waals surface area contributed by atoms with Gasteiger partial charge in [-0.2, -0.15) is 0 Å². The van der Waals surface area contributed by atoms with E-state index in [9.17, 15) is 15.0 Å². The maximum absolute atomic E-state index is 12.7. The summed E-state index contributed by atoms with van der Waals surface area (Å²) in [5.74, 6) is 0.177. The maximum Gasteiger partial charge on any atom is 0.410 e. The Balaban J connectivity index is 1.35. The molecule has 2 aromatic heterocycles. The molecule has 0 bridgehead atoms. The molecule has 36 heavy (non-hydrogen) atoms. The van der Waals surface area contributed by atoms with Gasteiger partial charge in [-0.1, -0.05) is 36.4 Å². The van der Waals surface area contributed by atoms with E-state index >= 15 is 0 Å². The van der Waals surface area contributed by atoms with Crippen LogP contribution in [0, 0.1) is 6.92 Å².